The van der Waals surface area contributed by atoms with Gasteiger partial charge in [0, 0.05) is 19.1 Å². The molecule has 2 nitrogen and oxygen atoms in total. The molecule has 0 bridgehead atoms. The number of hydrogen-bond donors (Lipinski definition) is 0. The minimum atomic E-state index is 0.686. The van der Waals surface area contributed by atoms with E-state index in [2.05, 4.69) is 41.1 Å². The van der Waals surface area contributed by atoms with Crippen molar-refractivity contribution in [2.75, 3.05) is 26.8 Å². The Hall–Kier alpha value is -0.860. The second kappa shape index (κ2) is 3.62. The highest BCUT2D eigenvalue weighted by Gasteiger charge is 2.30. The molecule has 15 heavy (non-hydrogen) atoms. The smallest absolute Gasteiger partial charge is 0.0509 e. The van der Waals surface area contributed by atoms with Crippen LogP contribution in [0, 0.1) is 0 Å². The Labute approximate surface area is 91.5 Å². The Morgan fingerprint density at radius 3 is 3.00 bits per heavy atom. The van der Waals surface area contributed by atoms with Crippen LogP contribution in [0.5, 0.6) is 0 Å². The van der Waals surface area contributed by atoms with Gasteiger partial charge < -0.3 is 0 Å². The zero-order valence-electron chi connectivity index (χ0n) is 9.32. The molecule has 0 aromatic heterocycles. The summed E-state index contributed by atoms with van der Waals surface area (Å²) in [5.41, 5.74) is 3.15. The van der Waals surface area contributed by atoms with E-state index in [-0.39, 0.29) is 0 Å². The molecule has 2 heterocycles. The standard InChI is InChI=1S/C13H18N2/c1-14-8-7-13-12-5-3-2-4-11(12)6-9-15(13)10-14/h2-5,13H,6-10H2,1H3. The van der Waals surface area contributed by atoms with Gasteiger partial charge in [-0.15, -0.1) is 0 Å². The van der Waals surface area contributed by atoms with Crippen LogP contribution in [-0.2, 0) is 6.42 Å². The predicted molar refractivity (Wildman–Crippen MR) is 61.7 cm³/mol. The van der Waals surface area contributed by atoms with Gasteiger partial charge in [-0.05, 0) is 31.0 Å². The fourth-order valence-electron chi connectivity index (χ4n) is 2.93. The molecule has 1 unspecified atom stereocenters. The van der Waals surface area contributed by atoms with E-state index in [9.17, 15) is 0 Å². The summed E-state index contributed by atoms with van der Waals surface area (Å²) in [7, 11) is 2.22. The summed E-state index contributed by atoms with van der Waals surface area (Å²) in [6.07, 6.45) is 2.51. The minimum absolute atomic E-state index is 0.686. The lowest BCUT2D eigenvalue weighted by Gasteiger charge is -2.43. The van der Waals surface area contributed by atoms with Crippen LogP contribution in [0.15, 0.2) is 24.3 Å². The third-order valence-corrected chi connectivity index (χ3v) is 3.73. The van der Waals surface area contributed by atoms with Crippen LogP contribution < -0.4 is 0 Å². The molecule has 80 valence electrons. The molecule has 1 fully saturated rings. The zero-order chi connectivity index (χ0) is 10.3. The normalized spacial score (nSPS) is 27.1. The van der Waals surface area contributed by atoms with E-state index in [0.717, 1.165) is 6.67 Å². The Morgan fingerprint density at radius 1 is 1.20 bits per heavy atom. The Kier molecular flexibility index (Phi) is 2.26. The molecule has 1 aromatic rings. The van der Waals surface area contributed by atoms with Crippen LogP contribution in [0.4, 0.5) is 0 Å². The number of fused-ring (bicyclic) bond motifs is 3. The van der Waals surface area contributed by atoms with E-state index in [0.29, 0.717) is 6.04 Å². The van der Waals surface area contributed by atoms with Crippen molar-refractivity contribution in [2.24, 2.45) is 0 Å². The van der Waals surface area contributed by atoms with Gasteiger partial charge in [-0.3, -0.25) is 9.80 Å². The van der Waals surface area contributed by atoms with E-state index >= 15 is 0 Å². The molecule has 2 aliphatic rings. The fourth-order valence-corrected chi connectivity index (χ4v) is 2.93. The first-order valence-corrected chi connectivity index (χ1v) is 5.85. The predicted octanol–water partition coefficient (Wildman–Crippen LogP) is 1.88. The molecule has 1 saturated heterocycles. The van der Waals surface area contributed by atoms with Crippen LogP contribution in [0.2, 0.25) is 0 Å². The van der Waals surface area contributed by atoms with Gasteiger partial charge in [-0.1, -0.05) is 24.3 Å². The zero-order valence-corrected chi connectivity index (χ0v) is 9.32. The van der Waals surface area contributed by atoms with Gasteiger partial charge in [0.25, 0.3) is 0 Å². The number of nitrogens with zero attached hydrogens (tertiary/aromatic N) is 2. The maximum atomic E-state index is 2.62. The third-order valence-electron chi connectivity index (χ3n) is 3.73. The lowest BCUT2D eigenvalue weighted by molar-refractivity contribution is 0.0478. The van der Waals surface area contributed by atoms with Crippen LogP contribution in [0.25, 0.3) is 0 Å². The van der Waals surface area contributed by atoms with Crippen LogP contribution >= 0.6 is 0 Å². The fraction of sp³-hybridized carbons (Fsp3) is 0.538. The summed E-state index contributed by atoms with van der Waals surface area (Å²) in [5.74, 6) is 0. The third kappa shape index (κ3) is 1.58. The molecule has 0 radical (unpaired) electrons. The van der Waals surface area contributed by atoms with Gasteiger partial charge in [-0.25, -0.2) is 0 Å². The SMILES string of the molecule is CN1CCC2c3ccccc3CCN2C1. The van der Waals surface area contributed by atoms with Crippen LogP contribution in [0.1, 0.15) is 23.6 Å². The highest BCUT2D eigenvalue weighted by Crippen LogP contribution is 2.34. The Bertz CT molecular complexity index is 361. The number of benzene rings is 1. The van der Waals surface area contributed by atoms with Crippen molar-refractivity contribution in [1.82, 2.24) is 9.80 Å². The monoisotopic (exact) mass is 202 g/mol. The van der Waals surface area contributed by atoms with Crippen molar-refractivity contribution in [2.45, 2.75) is 18.9 Å². The Morgan fingerprint density at radius 2 is 2.07 bits per heavy atom. The average Bonchev–Trinajstić information content (AvgIpc) is 2.28. The quantitative estimate of drug-likeness (QED) is 0.634. The molecule has 1 aromatic carbocycles. The maximum absolute atomic E-state index is 2.62. The van der Waals surface area contributed by atoms with Gasteiger partial charge in [0.2, 0.25) is 0 Å². The van der Waals surface area contributed by atoms with Gasteiger partial charge >= 0.3 is 0 Å². The van der Waals surface area contributed by atoms with Crippen molar-refractivity contribution >= 4 is 0 Å². The summed E-state index contributed by atoms with van der Waals surface area (Å²) < 4.78 is 0. The second-order valence-electron chi connectivity index (χ2n) is 4.79. The molecule has 0 N–H and O–H groups in total. The van der Waals surface area contributed by atoms with E-state index < -0.39 is 0 Å². The maximum Gasteiger partial charge on any atom is 0.0509 e. The van der Waals surface area contributed by atoms with Crippen LogP contribution in [0.3, 0.4) is 0 Å². The molecule has 0 aliphatic carbocycles. The molecule has 0 amide bonds. The van der Waals surface area contributed by atoms with Gasteiger partial charge in [0.1, 0.15) is 0 Å². The summed E-state index contributed by atoms with van der Waals surface area (Å²) in [6.45, 7) is 3.60. The summed E-state index contributed by atoms with van der Waals surface area (Å²) in [5, 5.41) is 0. The van der Waals surface area contributed by atoms with Crippen LogP contribution in [-0.4, -0.2) is 36.6 Å². The minimum Gasteiger partial charge on any atom is -0.293 e. The first-order chi connectivity index (χ1) is 7.34. The average molecular weight is 202 g/mol. The highest BCUT2D eigenvalue weighted by molar-refractivity contribution is 5.32. The highest BCUT2D eigenvalue weighted by atomic mass is 15.3. The lowest BCUT2D eigenvalue weighted by Crippen LogP contribution is -2.47. The van der Waals surface area contributed by atoms with Crippen molar-refractivity contribution < 1.29 is 0 Å². The van der Waals surface area contributed by atoms with Gasteiger partial charge in [-0.2, -0.15) is 0 Å². The number of rotatable bonds is 0. The van der Waals surface area contributed by atoms with E-state index in [1.54, 1.807) is 11.1 Å². The molecule has 3 rings (SSSR count). The lowest BCUT2D eigenvalue weighted by atomic mass is 9.90. The summed E-state index contributed by atoms with van der Waals surface area (Å²) in [6, 6.07) is 9.65. The Balaban J connectivity index is 1.93. The van der Waals surface area contributed by atoms with Gasteiger partial charge in [0.05, 0.1) is 6.67 Å². The van der Waals surface area contributed by atoms with Gasteiger partial charge in [0.15, 0.2) is 0 Å². The van der Waals surface area contributed by atoms with Crippen molar-refractivity contribution in [3.05, 3.63) is 35.4 Å². The summed E-state index contributed by atoms with van der Waals surface area (Å²) >= 11 is 0. The molecule has 2 heteroatoms. The number of hydrogen-bond acceptors (Lipinski definition) is 2. The largest absolute Gasteiger partial charge is 0.293 e. The van der Waals surface area contributed by atoms with E-state index in [1.807, 2.05) is 0 Å². The second-order valence-corrected chi connectivity index (χ2v) is 4.79. The van der Waals surface area contributed by atoms with Crippen molar-refractivity contribution in [1.29, 1.82) is 0 Å². The van der Waals surface area contributed by atoms with Crippen molar-refractivity contribution in [3.8, 4) is 0 Å². The molecule has 2 aliphatic heterocycles. The summed E-state index contributed by atoms with van der Waals surface area (Å²) in [4.78, 5) is 5.04. The van der Waals surface area contributed by atoms with E-state index in [1.165, 1.54) is 25.9 Å². The topological polar surface area (TPSA) is 6.48 Å². The molecule has 0 spiro atoms. The molecule has 1 atom stereocenters. The molecule has 0 saturated carbocycles. The first kappa shape index (κ1) is 9.37. The first-order valence-electron chi connectivity index (χ1n) is 5.85. The van der Waals surface area contributed by atoms with Crippen molar-refractivity contribution in [3.63, 3.8) is 0 Å². The van der Waals surface area contributed by atoms with E-state index in [4.69, 9.17) is 0 Å². The molecular weight excluding hydrogens is 184 g/mol. The molecular formula is C13H18N2.